The fourth-order valence-corrected chi connectivity index (χ4v) is 5.56. The number of hydrogen-bond donors (Lipinski definition) is 2. The number of rotatable bonds is 2. The summed E-state index contributed by atoms with van der Waals surface area (Å²) in [5.74, 6) is -0.00563. The van der Waals surface area contributed by atoms with Crippen LogP contribution in [-0.4, -0.2) is 86.6 Å². The van der Waals surface area contributed by atoms with Crippen molar-refractivity contribution in [3.63, 3.8) is 0 Å². The number of aromatic nitrogens is 3. The first kappa shape index (κ1) is 21.1. The molecule has 34 heavy (non-hydrogen) atoms. The molecule has 0 saturated carbocycles. The third-order valence-electron chi connectivity index (χ3n) is 6.50. The average Bonchev–Trinajstić information content (AvgIpc) is 3.34. The first-order valence-corrected chi connectivity index (χ1v) is 12.1. The number of thioether (sulfide) groups is 1. The molecule has 0 radical (unpaired) electrons. The number of carbonyl (C=O) groups is 3. The molecule has 0 bridgehead atoms. The number of aromatic amines is 1. The van der Waals surface area contributed by atoms with Gasteiger partial charge in [0.15, 0.2) is 0 Å². The summed E-state index contributed by atoms with van der Waals surface area (Å²) in [4.78, 5) is 53.5. The summed E-state index contributed by atoms with van der Waals surface area (Å²) in [6.07, 6.45) is 5.31. The quantitative estimate of drug-likeness (QED) is 0.576. The number of nitrogens with one attached hydrogen (secondary N) is 2. The molecule has 3 aliphatic heterocycles. The number of ether oxygens (including phenoxy) is 1. The maximum absolute atomic E-state index is 13.3. The highest BCUT2D eigenvalue weighted by atomic mass is 32.2. The van der Waals surface area contributed by atoms with E-state index in [0.29, 0.717) is 60.3 Å². The molecule has 3 aromatic heterocycles. The standard InChI is InChI=1S/C23H22N6O4S/c30-19-12-34-21-16(27-19)8-15(10-26-21)22(31)28-4-2-17-18(11-28)33-6-5-29(17)23(32)14-7-13-1-3-24-20(13)25-9-14/h1,3,7-10,17-18H,2,4-6,11-12H2,(H,24,25)(H,27,30)/t17-,18-/m0/s1. The molecule has 0 spiro atoms. The first-order chi connectivity index (χ1) is 16.6. The van der Waals surface area contributed by atoms with E-state index < -0.39 is 0 Å². The third-order valence-corrected chi connectivity index (χ3v) is 7.50. The van der Waals surface area contributed by atoms with Gasteiger partial charge in [0.1, 0.15) is 10.7 Å². The van der Waals surface area contributed by atoms with Crippen LogP contribution in [0.3, 0.4) is 0 Å². The molecule has 3 aromatic rings. The predicted molar refractivity (Wildman–Crippen MR) is 125 cm³/mol. The molecule has 3 aliphatic rings. The molecule has 0 aliphatic carbocycles. The van der Waals surface area contributed by atoms with Gasteiger partial charge in [-0.25, -0.2) is 9.97 Å². The van der Waals surface area contributed by atoms with Gasteiger partial charge >= 0.3 is 0 Å². The van der Waals surface area contributed by atoms with Crippen molar-refractivity contribution < 1.29 is 19.1 Å². The molecule has 11 heteroatoms. The molecule has 6 heterocycles. The summed E-state index contributed by atoms with van der Waals surface area (Å²) >= 11 is 1.36. The van der Waals surface area contributed by atoms with Gasteiger partial charge in [-0.05, 0) is 24.6 Å². The summed E-state index contributed by atoms with van der Waals surface area (Å²) < 4.78 is 5.99. The minimum atomic E-state index is -0.264. The highest BCUT2D eigenvalue weighted by Gasteiger charge is 2.41. The average molecular weight is 479 g/mol. The summed E-state index contributed by atoms with van der Waals surface area (Å²) in [7, 11) is 0. The minimum absolute atomic E-state index is 0.0687. The number of fused-ring (bicyclic) bond motifs is 3. The zero-order valence-electron chi connectivity index (χ0n) is 18.2. The van der Waals surface area contributed by atoms with Gasteiger partial charge < -0.3 is 24.8 Å². The van der Waals surface area contributed by atoms with Crippen LogP contribution in [0.1, 0.15) is 27.1 Å². The summed E-state index contributed by atoms with van der Waals surface area (Å²) in [6.45, 7) is 1.81. The number of piperidine rings is 1. The van der Waals surface area contributed by atoms with Crippen LogP contribution in [0.25, 0.3) is 11.0 Å². The first-order valence-electron chi connectivity index (χ1n) is 11.1. The van der Waals surface area contributed by atoms with Crippen molar-refractivity contribution in [2.75, 3.05) is 37.3 Å². The van der Waals surface area contributed by atoms with Gasteiger partial charge in [-0.2, -0.15) is 0 Å². The van der Waals surface area contributed by atoms with Crippen molar-refractivity contribution in [3.05, 3.63) is 47.9 Å². The Morgan fingerprint density at radius 1 is 1.12 bits per heavy atom. The largest absolute Gasteiger partial charge is 0.372 e. The zero-order chi connectivity index (χ0) is 23.2. The van der Waals surface area contributed by atoms with E-state index in [1.165, 1.54) is 11.8 Å². The highest BCUT2D eigenvalue weighted by Crippen LogP contribution is 2.31. The van der Waals surface area contributed by atoms with Gasteiger partial charge in [0.25, 0.3) is 11.8 Å². The Bertz CT molecular complexity index is 1310. The number of likely N-dealkylation sites (tertiary alicyclic amines) is 1. The molecule has 2 atom stereocenters. The van der Waals surface area contributed by atoms with Gasteiger partial charge in [-0.1, -0.05) is 11.8 Å². The number of amides is 3. The van der Waals surface area contributed by atoms with Crippen molar-refractivity contribution in [2.24, 2.45) is 0 Å². The smallest absolute Gasteiger partial charge is 0.255 e. The number of pyridine rings is 2. The van der Waals surface area contributed by atoms with Crippen molar-refractivity contribution >= 4 is 46.2 Å². The Labute approximate surface area is 199 Å². The molecule has 3 amide bonds. The lowest BCUT2D eigenvalue weighted by atomic mass is 9.97. The second-order valence-electron chi connectivity index (χ2n) is 8.57. The van der Waals surface area contributed by atoms with Crippen molar-refractivity contribution in [1.82, 2.24) is 24.8 Å². The number of morpholine rings is 1. The second-order valence-corrected chi connectivity index (χ2v) is 9.53. The molecule has 2 fully saturated rings. The number of hydrogen-bond acceptors (Lipinski definition) is 7. The molecule has 6 rings (SSSR count). The molecular weight excluding hydrogens is 456 g/mol. The van der Waals surface area contributed by atoms with Crippen LogP contribution < -0.4 is 5.32 Å². The van der Waals surface area contributed by atoms with Crippen molar-refractivity contribution in [1.29, 1.82) is 0 Å². The molecule has 2 saturated heterocycles. The Balaban J connectivity index is 1.17. The van der Waals surface area contributed by atoms with Crippen LogP contribution in [0, 0.1) is 0 Å². The minimum Gasteiger partial charge on any atom is -0.372 e. The molecule has 10 nitrogen and oxygen atoms in total. The molecule has 0 unspecified atom stereocenters. The summed E-state index contributed by atoms with van der Waals surface area (Å²) in [5, 5.41) is 4.39. The van der Waals surface area contributed by atoms with Crippen LogP contribution in [0.4, 0.5) is 5.69 Å². The molecular formula is C23H22N6O4S. The van der Waals surface area contributed by atoms with Gasteiger partial charge in [0.2, 0.25) is 5.91 Å². The lowest BCUT2D eigenvalue weighted by molar-refractivity contribution is -0.113. The fraction of sp³-hybridized carbons (Fsp3) is 0.348. The van der Waals surface area contributed by atoms with Crippen LogP contribution in [0.2, 0.25) is 0 Å². The lowest BCUT2D eigenvalue weighted by Crippen LogP contribution is -2.61. The number of carbonyl (C=O) groups excluding carboxylic acids is 3. The van der Waals surface area contributed by atoms with E-state index in [2.05, 4.69) is 20.3 Å². The van der Waals surface area contributed by atoms with Crippen LogP contribution >= 0.6 is 11.8 Å². The van der Waals surface area contributed by atoms with E-state index in [9.17, 15) is 14.4 Å². The highest BCUT2D eigenvalue weighted by molar-refractivity contribution is 8.00. The van der Waals surface area contributed by atoms with E-state index in [1.807, 2.05) is 17.0 Å². The van der Waals surface area contributed by atoms with E-state index in [4.69, 9.17) is 4.74 Å². The lowest BCUT2D eigenvalue weighted by Gasteiger charge is -2.46. The normalized spacial score (nSPS) is 22.2. The monoisotopic (exact) mass is 478 g/mol. The Morgan fingerprint density at radius 2 is 1.97 bits per heavy atom. The number of nitrogens with zero attached hydrogens (tertiary/aromatic N) is 4. The Morgan fingerprint density at radius 3 is 2.88 bits per heavy atom. The molecule has 174 valence electrons. The fourth-order valence-electron chi connectivity index (χ4n) is 4.83. The number of anilines is 1. The second kappa shape index (κ2) is 8.41. The van der Waals surface area contributed by atoms with E-state index in [1.54, 1.807) is 29.6 Å². The van der Waals surface area contributed by atoms with Gasteiger partial charge in [-0.3, -0.25) is 14.4 Å². The van der Waals surface area contributed by atoms with Crippen molar-refractivity contribution in [2.45, 2.75) is 23.6 Å². The predicted octanol–water partition coefficient (Wildman–Crippen LogP) is 1.76. The summed E-state index contributed by atoms with van der Waals surface area (Å²) in [5.41, 5.74) is 2.29. The summed E-state index contributed by atoms with van der Waals surface area (Å²) in [6, 6.07) is 5.32. The van der Waals surface area contributed by atoms with E-state index in [-0.39, 0.29) is 29.9 Å². The number of H-pyrrole nitrogens is 1. The third kappa shape index (κ3) is 3.70. The Hall–Kier alpha value is -3.44. The SMILES string of the molecule is O=C1CSc2ncc(C(=O)N3CC[C@H]4[C@H](C3)OCCN4C(=O)c3cnc4[nH]ccc4c3)cc2N1. The molecule has 2 N–H and O–H groups in total. The van der Waals surface area contributed by atoms with E-state index in [0.717, 1.165) is 11.0 Å². The Kier molecular flexibility index (Phi) is 5.22. The van der Waals surface area contributed by atoms with Crippen LogP contribution in [-0.2, 0) is 9.53 Å². The van der Waals surface area contributed by atoms with Crippen molar-refractivity contribution in [3.8, 4) is 0 Å². The maximum Gasteiger partial charge on any atom is 0.255 e. The topological polar surface area (TPSA) is 121 Å². The van der Waals surface area contributed by atoms with E-state index >= 15 is 0 Å². The van der Waals surface area contributed by atoms with Gasteiger partial charge in [-0.15, -0.1) is 0 Å². The maximum atomic E-state index is 13.3. The van der Waals surface area contributed by atoms with Crippen LogP contribution in [0.5, 0.6) is 0 Å². The van der Waals surface area contributed by atoms with Crippen LogP contribution in [0.15, 0.2) is 41.8 Å². The zero-order valence-corrected chi connectivity index (χ0v) is 19.0. The molecule has 0 aromatic carbocycles. The van der Waals surface area contributed by atoms with Gasteiger partial charge in [0, 0.05) is 43.6 Å². The van der Waals surface area contributed by atoms with Gasteiger partial charge in [0.05, 0.1) is 41.3 Å².